The normalized spacial score (nSPS) is 10.5. The summed E-state index contributed by atoms with van der Waals surface area (Å²) in [6, 6.07) is 14.7. The Labute approximate surface area is 138 Å². The van der Waals surface area contributed by atoms with Crippen LogP contribution in [-0.2, 0) is 11.3 Å². The second kappa shape index (κ2) is 6.45. The number of aromatic nitrogens is 1. The number of H-pyrrole nitrogens is 1. The zero-order valence-electron chi connectivity index (χ0n) is 13.0. The summed E-state index contributed by atoms with van der Waals surface area (Å²) >= 11 is 0. The van der Waals surface area contributed by atoms with Gasteiger partial charge in [0.25, 0.3) is 0 Å². The maximum absolute atomic E-state index is 12.0. The molecule has 0 aliphatic heterocycles. The van der Waals surface area contributed by atoms with E-state index in [0.29, 0.717) is 10.9 Å². The van der Waals surface area contributed by atoms with Crippen molar-refractivity contribution in [3.05, 3.63) is 65.4 Å². The van der Waals surface area contributed by atoms with Gasteiger partial charge >= 0.3 is 12.1 Å². The Hall–Kier alpha value is -3.28. The maximum atomic E-state index is 12.0. The first-order valence-electron chi connectivity index (χ1n) is 7.38. The number of fused-ring (bicyclic) bond motifs is 1. The summed E-state index contributed by atoms with van der Waals surface area (Å²) in [4.78, 5) is 26.3. The van der Waals surface area contributed by atoms with Gasteiger partial charge in [0.05, 0.1) is 5.69 Å². The molecular weight excluding hydrogens is 308 g/mol. The number of nitrogens with one attached hydrogen (secondary N) is 2. The highest BCUT2D eigenvalue weighted by Crippen LogP contribution is 2.29. The summed E-state index contributed by atoms with van der Waals surface area (Å²) in [5, 5.41) is 12.5. The Kier molecular flexibility index (Phi) is 4.20. The third-order valence-corrected chi connectivity index (χ3v) is 3.61. The summed E-state index contributed by atoms with van der Waals surface area (Å²) in [5.41, 5.74) is 2.57. The zero-order chi connectivity index (χ0) is 17.1. The lowest BCUT2D eigenvalue weighted by Gasteiger charge is -2.07. The fraction of sp³-hybridized carbons (Fsp3) is 0.111. The molecule has 3 aromatic rings. The van der Waals surface area contributed by atoms with Gasteiger partial charge in [0.15, 0.2) is 0 Å². The summed E-state index contributed by atoms with van der Waals surface area (Å²) in [6.45, 7) is 2.00. The molecule has 0 bridgehead atoms. The van der Waals surface area contributed by atoms with E-state index in [1.54, 1.807) is 6.07 Å². The quantitative estimate of drug-likeness (QED) is 0.678. The van der Waals surface area contributed by atoms with E-state index in [0.717, 1.165) is 11.1 Å². The average Bonchev–Trinajstić information content (AvgIpc) is 2.92. The standard InChI is InChI=1S/C18H16N2O4/c1-11-7-8-14-13(9-11)15(16(19-14)17(21)22)20-18(23)24-10-12-5-3-2-4-6-12/h2-9,19H,10H2,1H3,(H,20,23)(H,21,22). The predicted molar refractivity (Wildman–Crippen MR) is 90.2 cm³/mol. The van der Waals surface area contributed by atoms with Gasteiger partial charge in [0.1, 0.15) is 12.3 Å². The van der Waals surface area contributed by atoms with Crippen LogP contribution in [0.15, 0.2) is 48.5 Å². The van der Waals surface area contributed by atoms with Gasteiger partial charge in [-0.2, -0.15) is 0 Å². The molecule has 0 atom stereocenters. The Balaban J connectivity index is 1.83. The van der Waals surface area contributed by atoms with Crippen molar-refractivity contribution < 1.29 is 19.4 Å². The van der Waals surface area contributed by atoms with Crippen molar-refractivity contribution in [1.82, 2.24) is 4.98 Å². The molecule has 1 amide bonds. The van der Waals surface area contributed by atoms with Gasteiger partial charge < -0.3 is 14.8 Å². The fourth-order valence-corrected chi connectivity index (χ4v) is 2.46. The van der Waals surface area contributed by atoms with Crippen molar-refractivity contribution in [3.8, 4) is 0 Å². The number of hydrogen-bond donors (Lipinski definition) is 3. The van der Waals surface area contributed by atoms with Crippen molar-refractivity contribution in [1.29, 1.82) is 0 Å². The highest BCUT2D eigenvalue weighted by atomic mass is 16.5. The summed E-state index contributed by atoms with van der Waals surface area (Å²) in [6.07, 6.45) is -0.705. The first-order chi connectivity index (χ1) is 11.5. The lowest BCUT2D eigenvalue weighted by Crippen LogP contribution is -2.15. The molecule has 6 nitrogen and oxygen atoms in total. The van der Waals surface area contributed by atoms with E-state index in [-0.39, 0.29) is 18.0 Å². The number of carboxylic acid groups (broad SMARTS) is 1. The van der Waals surface area contributed by atoms with Crippen molar-refractivity contribution in [2.24, 2.45) is 0 Å². The molecule has 1 heterocycles. The second-order valence-corrected chi connectivity index (χ2v) is 5.42. The van der Waals surface area contributed by atoms with Crippen LogP contribution in [0.1, 0.15) is 21.6 Å². The van der Waals surface area contributed by atoms with E-state index in [2.05, 4.69) is 10.3 Å². The molecule has 0 radical (unpaired) electrons. The van der Waals surface area contributed by atoms with E-state index in [1.165, 1.54) is 0 Å². The molecule has 3 rings (SSSR count). The predicted octanol–water partition coefficient (Wildman–Crippen LogP) is 3.92. The Morgan fingerprint density at radius 1 is 1.17 bits per heavy atom. The molecule has 0 saturated carbocycles. The molecule has 0 fully saturated rings. The third-order valence-electron chi connectivity index (χ3n) is 3.61. The molecule has 0 aliphatic rings. The molecule has 0 spiro atoms. The molecule has 0 aliphatic carbocycles. The van der Waals surface area contributed by atoms with Gasteiger partial charge in [-0.25, -0.2) is 9.59 Å². The van der Waals surface area contributed by atoms with Crippen LogP contribution in [0, 0.1) is 6.92 Å². The number of rotatable bonds is 4. The Morgan fingerprint density at radius 3 is 2.62 bits per heavy atom. The number of amides is 1. The van der Waals surface area contributed by atoms with Crippen molar-refractivity contribution >= 4 is 28.7 Å². The molecule has 2 aromatic carbocycles. The molecule has 6 heteroatoms. The van der Waals surface area contributed by atoms with Gasteiger partial charge in [-0.15, -0.1) is 0 Å². The van der Waals surface area contributed by atoms with Crippen LogP contribution >= 0.6 is 0 Å². The number of aromatic amines is 1. The largest absolute Gasteiger partial charge is 0.477 e. The highest BCUT2D eigenvalue weighted by Gasteiger charge is 2.19. The van der Waals surface area contributed by atoms with Crippen LogP contribution < -0.4 is 5.32 Å². The van der Waals surface area contributed by atoms with Crippen molar-refractivity contribution in [2.75, 3.05) is 5.32 Å². The number of aromatic carboxylic acids is 1. The Morgan fingerprint density at radius 2 is 1.92 bits per heavy atom. The van der Waals surface area contributed by atoms with Gasteiger partial charge in [-0.1, -0.05) is 42.0 Å². The molecule has 3 N–H and O–H groups in total. The van der Waals surface area contributed by atoms with Crippen molar-refractivity contribution in [3.63, 3.8) is 0 Å². The van der Waals surface area contributed by atoms with E-state index in [1.807, 2.05) is 49.4 Å². The van der Waals surface area contributed by atoms with E-state index in [4.69, 9.17) is 4.74 Å². The minimum absolute atomic E-state index is 0.0766. The monoisotopic (exact) mass is 324 g/mol. The lowest BCUT2D eigenvalue weighted by molar-refractivity contribution is 0.0692. The van der Waals surface area contributed by atoms with Gasteiger partial charge in [0, 0.05) is 10.9 Å². The molecule has 122 valence electrons. The first kappa shape index (κ1) is 15.6. The molecule has 1 aromatic heterocycles. The summed E-state index contributed by atoms with van der Waals surface area (Å²) < 4.78 is 5.16. The number of aryl methyl sites for hydroxylation is 1. The minimum Gasteiger partial charge on any atom is -0.477 e. The van der Waals surface area contributed by atoms with E-state index in [9.17, 15) is 14.7 Å². The van der Waals surface area contributed by atoms with Crippen LogP contribution in [0.4, 0.5) is 10.5 Å². The van der Waals surface area contributed by atoms with Crippen LogP contribution in [-0.4, -0.2) is 22.2 Å². The molecule has 0 unspecified atom stereocenters. The van der Waals surface area contributed by atoms with Gasteiger partial charge in [-0.05, 0) is 24.6 Å². The number of benzene rings is 2. The number of carboxylic acids is 1. The zero-order valence-corrected chi connectivity index (χ0v) is 13.0. The molecule has 0 saturated heterocycles. The third kappa shape index (κ3) is 3.22. The van der Waals surface area contributed by atoms with Crippen LogP contribution in [0.25, 0.3) is 10.9 Å². The van der Waals surface area contributed by atoms with Crippen molar-refractivity contribution in [2.45, 2.75) is 13.5 Å². The fourth-order valence-electron chi connectivity index (χ4n) is 2.46. The second-order valence-electron chi connectivity index (χ2n) is 5.42. The number of anilines is 1. The maximum Gasteiger partial charge on any atom is 0.412 e. The average molecular weight is 324 g/mol. The number of carbonyl (C=O) groups is 2. The van der Waals surface area contributed by atoms with E-state index >= 15 is 0 Å². The number of carbonyl (C=O) groups excluding carboxylic acids is 1. The first-order valence-corrected chi connectivity index (χ1v) is 7.38. The van der Waals surface area contributed by atoms with Crippen LogP contribution in [0.5, 0.6) is 0 Å². The lowest BCUT2D eigenvalue weighted by atomic mass is 10.1. The number of hydrogen-bond acceptors (Lipinski definition) is 3. The van der Waals surface area contributed by atoms with Crippen LogP contribution in [0.2, 0.25) is 0 Å². The SMILES string of the molecule is Cc1ccc2[nH]c(C(=O)O)c(NC(=O)OCc3ccccc3)c2c1. The minimum atomic E-state index is -1.15. The topological polar surface area (TPSA) is 91.4 Å². The van der Waals surface area contributed by atoms with E-state index < -0.39 is 12.1 Å². The van der Waals surface area contributed by atoms with Gasteiger partial charge in [0.2, 0.25) is 0 Å². The smallest absolute Gasteiger partial charge is 0.412 e. The molecule has 24 heavy (non-hydrogen) atoms. The summed E-state index contributed by atoms with van der Waals surface area (Å²) in [5.74, 6) is -1.15. The van der Waals surface area contributed by atoms with Crippen LogP contribution in [0.3, 0.4) is 0 Å². The Bertz CT molecular complexity index is 900. The summed E-state index contributed by atoms with van der Waals surface area (Å²) in [7, 11) is 0. The number of ether oxygens (including phenoxy) is 1. The highest BCUT2D eigenvalue weighted by molar-refractivity contribution is 6.09. The van der Waals surface area contributed by atoms with Gasteiger partial charge in [-0.3, -0.25) is 5.32 Å². The molecular formula is C18H16N2O4.